The largest absolute Gasteiger partial charge is 1.00 e. The maximum absolute atomic E-state index is 14.6. The second-order valence-corrected chi connectivity index (χ2v) is 14.7. The number of halogens is 28. The molecule has 0 aliphatic heterocycles. The van der Waals surface area contributed by atoms with E-state index in [9.17, 15) is 124 Å². The number of nitrogens with zero attached hydrogens (tertiary/aromatic N) is 2. The highest BCUT2D eigenvalue weighted by Crippen LogP contribution is 2.49. The number of nitrogens with one attached hydrogen (secondary N) is 2. The summed E-state index contributed by atoms with van der Waals surface area (Å²) in [6.07, 6.45) is -69.3. The van der Waals surface area contributed by atoms with Crippen LogP contribution >= 0.6 is 0 Å². The van der Waals surface area contributed by atoms with Gasteiger partial charge in [-0.3, -0.25) is 19.1 Å². The van der Waals surface area contributed by atoms with Crippen LogP contribution in [0.4, 0.5) is 114 Å². The van der Waals surface area contributed by atoms with Crippen molar-refractivity contribution >= 4 is 11.8 Å². The predicted molar refractivity (Wildman–Crippen MR) is 161 cm³/mol. The van der Waals surface area contributed by atoms with Gasteiger partial charge in [0.15, 0.2) is 0 Å². The smallest absolute Gasteiger partial charge is 0.529 e. The summed E-state index contributed by atoms with van der Waals surface area (Å²) in [6, 6.07) is 0. The Morgan fingerprint density at radius 1 is 0.362 bits per heavy atom. The lowest BCUT2D eigenvalue weighted by Gasteiger charge is -2.34. The zero-order valence-corrected chi connectivity index (χ0v) is 37.7. The van der Waals surface area contributed by atoms with Gasteiger partial charge in [0.1, 0.15) is 0 Å². The van der Waals surface area contributed by atoms with Gasteiger partial charge in [0.2, 0.25) is 0 Å². The summed E-state index contributed by atoms with van der Waals surface area (Å²) in [7, 11) is 5.88. The maximum atomic E-state index is 14.6. The molecule has 0 saturated heterocycles. The average molecular weight is 1220 g/mol. The highest BCUT2D eigenvalue weighted by Gasteiger charge is 2.76. The quantitative estimate of drug-likeness (QED) is 0.0533. The third-order valence-corrected chi connectivity index (χ3v) is 7.97. The van der Waals surface area contributed by atoms with Crippen molar-refractivity contribution in [2.24, 2.45) is 0 Å². The van der Waals surface area contributed by atoms with E-state index in [0.29, 0.717) is 19.3 Å². The first-order valence-corrected chi connectivity index (χ1v) is 17.5. The molecule has 40 heteroatoms. The van der Waals surface area contributed by atoms with E-state index in [-0.39, 0.29) is 69.1 Å². The lowest BCUT2D eigenvalue weighted by Crippen LogP contribution is -3.00. The van der Waals surface area contributed by atoms with E-state index >= 15 is 0 Å². The molecule has 0 spiro atoms. The Bertz CT molecular complexity index is 1510. The summed E-state index contributed by atoms with van der Waals surface area (Å²) in [5.41, 5.74) is 0. The molecule has 2 N–H and O–H groups in total. The summed E-state index contributed by atoms with van der Waals surface area (Å²) in [5.74, 6) is -19.4. The first kappa shape index (κ1) is 71.0. The number of quaternary nitrogens is 2. The molecule has 0 aliphatic carbocycles. The Balaban J connectivity index is -0.0000218. The molecule has 0 aromatic rings. The summed E-state index contributed by atoms with van der Waals surface area (Å²) >= 11 is 0. The van der Waals surface area contributed by atoms with E-state index in [1.807, 2.05) is 0 Å². The molecular formula is C29H36Br2F26N4O8. The van der Waals surface area contributed by atoms with Gasteiger partial charge in [0.05, 0.1) is 54.4 Å². The van der Waals surface area contributed by atoms with Gasteiger partial charge in [-0.05, 0) is 19.3 Å². The number of hydrogen-bond acceptors (Lipinski definition) is 8. The third kappa shape index (κ3) is 23.0. The second-order valence-electron chi connectivity index (χ2n) is 14.7. The maximum Gasteiger partial charge on any atom is 0.529 e. The third-order valence-electron chi connectivity index (χ3n) is 7.97. The highest BCUT2D eigenvalue weighted by molar-refractivity contribution is 5.85. The van der Waals surface area contributed by atoms with Gasteiger partial charge in [0.25, 0.3) is 11.8 Å². The zero-order chi connectivity index (χ0) is 53.6. The van der Waals surface area contributed by atoms with E-state index in [2.05, 4.69) is 9.47 Å². The van der Waals surface area contributed by atoms with Crippen LogP contribution in [0, 0.1) is 0 Å². The van der Waals surface area contributed by atoms with Crippen molar-refractivity contribution < 1.29 is 195 Å². The van der Waals surface area contributed by atoms with Crippen molar-refractivity contribution in [3.05, 3.63) is 0 Å². The first-order chi connectivity index (χ1) is 29.2. The van der Waals surface area contributed by atoms with Crippen LogP contribution in [0.5, 0.6) is 0 Å². The molecule has 0 bridgehead atoms. The Morgan fingerprint density at radius 2 is 0.594 bits per heavy atom. The van der Waals surface area contributed by atoms with Crippen LogP contribution in [-0.2, 0) is 38.0 Å². The van der Waals surface area contributed by atoms with E-state index in [1.54, 1.807) is 18.9 Å². The molecule has 2 amide bonds. The van der Waals surface area contributed by atoms with Gasteiger partial charge < -0.3 is 53.6 Å². The molecule has 0 saturated carbocycles. The van der Waals surface area contributed by atoms with Crippen molar-refractivity contribution in [2.45, 2.75) is 106 Å². The van der Waals surface area contributed by atoms with Gasteiger partial charge in [-0.1, -0.05) is 0 Å². The van der Waals surface area contributed by atoms with Gasteiger partial charge in [-0.15, -0.1) is 43.9 Å². The number of unbranched alkanes of at least 4 members (excludes halogenated alkanes) is 2. The number of carbonyl (C=O) groups excluding carboxylic acids is 2. The van der Waals surface area contributed by atoms with E-state index in [0.717, 1.165) is 10.6 Å². The lowest BCUT2D eigenvalue weighted by atomic mass is 10.2. The molecular weight excluding hydrogens is 1190 g/mol. The fraction of sp³-hybridized carbons (Fsp3) is 0.931. The number of amides is 2. The van der Waals surface area contributed by atoms with Crippen LogP contribution in [0.1, 0.15) is 32.1 Å². The van der Waals surface area contributed by atoms with Crippen LogP contribution < -0.4 is 44.6 Å². The highest BCUT2D eigenvalue weighted by atomic mass is 79.9. The molecule has 0 rings (SSSR count). The molecule has 0 aromatic heterocycles. The zero-order valence-electron chi connectivity index (χ0n) is 34.5. The first-order valence-electron chi connectivity index (χ1n) is 17.5. The molecule has 0 heterocycles. The summed E-state index contributed by atoms with van der Waals surface area (Å²) in [6.45, 7) is -1.93. The summed E-state index contributed by atoms with van der Waals surface area (Å²) in [5, 5.41) is 2.18. The Kier molecular flexibility index (Phi) is 24.9. The van der Waals surface area contributed by atoms with Crippen molar-refractivity contribution in [1.29, 1.82) is 0 Å². The molecule has 69 heavy (non-hydrogen) atoms. The SMILES string of the molecule is C[N+](C)(CCCCC[N+](C)(C)CCCNC(=O)C(F)(OC(F)(F)C(F)(F)OC(F)(F)OC(F)(F)F)C(F)(F)F)CCCNC(=O)C(F)(OC(F)(F)C(F)(F)OC(F)(F)OC(F)(F)F)C(F)(F)F.[Br-].[Br-]. The van der Waals surface area contributed by atoms with Crippen molar-refractivity contribution in [2.75, 3.05) is 67.5 Å². The minimum absolute atomic E-state index is 0. The second kappa shape index (κ2) is 24.2. The Hall–Kier alpha value is -2.24. The fourth-order valence-electron chi connectivity index (χ4n) is 4.79. The number of rotatable bonds is 28. The molecule has 0 fully saturated rings. The number of hydrogen-bond donors (Lipinski definition) is 2. The number of ether oxygens (including phenoxy) is 6. The molecule has 0 aromatic carbocycles. The predicted octanol–water partition coefficient (Wildman–Crippen LogP) is 2.40. The molecule has 12 nitrogen and oxygen atoms in total. The molecule has 416 valence electrons. The lowest BCUT2D eigenvalue weighted by molar-refractivity contribution is -0.892. The van der Waals surface area contributed by atoms with Crippen LogP contribution in [0.25, 0.3) is 0 Å². The van der Waals surface area contributed by atoms with Gasteiger partial charge in [-0.2, -0.15) is 79.7 Å². The van der Waals surface area contributed by atoms with Crippen LogP contribution in [0.3, 0.4) is 0 Å². The Morgan fingerprint density at radius 3 is 0.826 bits per heavy atom. The van der Waals surface area contributed by atoms with Crippen molar-refractivity contribution in [3.63, 3.8) is 0 Å². The van der Waals surface area contributed by atoms with Gasteiger partial charge in [0, 0.05) is 25.9 Å². The van der Waals surface area contributed by atoms with Crippen molar-refractivity contribution in [3.8, 4) is 0 Å². The molecule has 0 aliphatic rings. The summed E-state index contributed by atoms with van der Waals surface area (Å²) in [4.78, 5) is 23.8. The van der Waals surface area contributed by atoms with E-state index in [4.69, 9.17) is 0 Å². The molecule has 0 radical (unpaired) electrons. The number of alkyl halides is 26. The number of carbonyl (C=O) groups is 2. The fourth-order valence-corrected chi connectivity index (χ4v) is 4.79. The Labute approximate surface area is 390 Å². The average Bonchev–Trinajstić information content (AvgIpc) is 3.03. The minimum Gasteiger partial charge on any atom is -1.00 e. The standard InChI is InChI=1S/C29H34F26N4O8.2BrH/c1-58(2,14-8-10-56-16(60)18(30,20(32,33)34)62-22(38,39)24(42,43)64-28(52,53)66-26(46,47)48)12-6-5-7-13-59(3,4)15-9-11-57-17(61)19(31,21(35,36)37)63-23(40,41)25(44,45)65-29(54,55)67-27(49,50)51;;/h5-15H2,1-4H3;2*1H. The monoisotopic (exact) mass is 1220 g/mol. The van der Waals surface area contributed by atoms with Crippen molar-refractivity contribution in [1.82, 2.24) is 10.6 Å². The molecule has 2 atom stereocenters. The minimum atomic E-state index is -7.24. The van der Waals surface area contributed by atoms with Crippen LogP contribution in [0.15, 0.2) is 0 Å². The van der Waals surface area contributed by atoms with Gasteiger partial charge in [-0.25, -0.2) is 9.47 Å². The molecule has 2 unspecified atom stereocenters. The van der Waals surface area contributed by atoms with Crippen LogP contribution in [0.2, 0.25) is 0 Å². The topological polar surface area (TPSA) is 114 Å². The van der Waals surface area contributed by atoms with E-state index in [1.165, 1.54) is 28.2 Å². The summed E-state index contributed by atoms with van der Waals surface area (Å²) < 4.78 is 353. The van der Waals surface area contributed by atoms with Crippen LogP contribution in [-0.4, -0.2) is 162 Å². The van der Waals surface area contributed by atoms with E-state index < -0.39 is 112 Å². The normalized spacial score (nSPS) is 16.2. The van der Waals surface area contributed by atoms with Gasteiger partial charge >= 0.3 is 73.8 Å².